The van der Waals surface area contributed by atoms with Crippen molar-refractivity contribution in [1.82, 2.24) is 0 Å². The van der Waals surface area contributed by atoms with Crippen molar-refractivity contribution in [3.05, 3.63) is 29.8 Å². The Hall–Kier alpha value is -1.64. The van der Waals surface area contributed by atoms with Crippen LogP contribution in [0.1, 0.15) is 25.3 Å². The van der Waals surface area contributed by atoms with Gasteiger partial charge in [0.15, 0.2) is 0 Å². The fraction of sp³-hybridized carbons (Fsp3) is 0.333. The van der Waals surface area contributed by atoms with Crippen LogP contribution in [0.2, 0.25) is 0 Å². The van der Waals surface area contributed by atoms with Gasteiger partial charge in [0.2, 0.25) is 5.91 Å². The number of anilines is 1. The number of carbonyl (C=O) groups excluding carboxylic acids is 2. The largest absolute Gasteiger partial charge is 0.326 e. The second-order valence-electron chi connectivity index (χ2n) is 3.62. The van der Waals surface area contributed by atoms with Crippen LogP contribution >= 0.6 is 0 Å². The van der Waals surface area contributed by atoms with E-state index in [0.29, 0.717) is 6.42 Å². The van der Waals surface area contributed by atoms with E-state index in [-0.39, 0.29) is 18.1 Å². The van der Waals surface area contributed by atoms with Crippen molar-refractivity contribution < 1.29 is 9.59 Å². The van der Waals surface area contributed by atoms with Gasteiger partial charge in [0.25, 0.3) is 0 Å². The monoisotopic (exact) mass is 205 g/mol. The molecule has 0 aliphatic rings. The highest BCUT2D eigenvalue weighted by molar-refractivity contribution is 5.93. The first-order chi connectivity index (χ1) is 7.08. The zero-order chi connectivity index (χ0) is 11.3. The van der Waals surface area contributed by atoms with Gasteiger partial charge in [-0.2, -0.15) is 0 Å². The quantitative estimate of drug-likeness (QED) is 0.819. The molecule has 0 saturated carbocycles. The number of aryl methyl sites for hydroxylation is 1. The molecule has 0 aliphatic carbocycles. The molecule has 0 atom stereocenters. The van der Waals surface area contributed by atoms with E-state index < -0.39 is 0 Å². The molecule has 1 aromatic carbocycles. The molecular formula is C12H15NO2. The minimum Gasteiger partial charge on any atom is -0.326 e. The van der Waals surface area contributed by atoms with Crippen molar-refractivity contribution in [2.24, 2.45) is 0 Å². The molecule has 0 fully saturated rings. The molecular weight excluding hydrogens is 190 g/mol. The highest BCUT2D eigenvalue weighted by Crippen LogP contribution is 2.10. The van der Waals surface area contributed by atoms with Crippen molar-refractivity contribution in [1.29, 1.82) is 0 Å². The fourth-order valence-electron chi connectivity index (χ4n) is 1.24. The Labute approximate surface area is 89.5 Å². The summed E-state index contributed by atoms with van der Waals surface area (Å²) in [5, 5.41) is 2.75. The SMILES string of the molecule is CC(=O)CCC(=O)Nc1cccc(C)c1. The first-order valence-corrected chi connectivity index (χ1v) is 4.94. The lowest BCUT2D eigenvalue weighted by molar-refractivity contribution is -0.121. The lowest BCUT2D eigenvalue weighted by Gasteiger charge is -2.04. The van der Waals surface area contributed by atoms with Crippen LogP contribution in [0.3, 0.4) is 0 Å². The molecule has 3 heteroatoms. The number of nitrogens with one attached hydrogen (secondary N) is 1. The van der Waals surface area contributed by atoms with Gasteiger partial charge < -0.3 is 10.1 Å². The second-order valence-corrected chi connectivity index (χ2v) is 3.62. The standard InChI is InChI=1S/C12H15NO2/c1-9-4-3-5-11(8-9)13-12(15)7-6-10(2)14/h3-5,8H,6-7H2,1-2H3,(H,13,15). The molecule has 0 aromatic heterocycles. The summed E-state index contributed by atoms with van der Waals surface area (Å²) >= 11 is 0. The number of hydrogen-bond donors (Lipinski definition) is 1. The Kier molecular flexibility index (Phi) is 4.03. The number of carbonyl (C=O) groups is 2. The third-order valence-corrected chi connectivity index (χ3v) is 2.01. The van der Waals surface area contributed by atoms with Crippen LogP contribution in [0.5, 0.6) is 0 Å². The smallest absolute Gasteiger partial charge is 0.224 e. The molecule has 80 valence electrons. The highest BCUT2D eigenvalue weighted by atomic mass is 16.2. The number of rotatable bonds is 4. The Morgan fingerprint density at radius 2 is 2.00 bits per heavy atom. The minimum atomic E-state index is -0.115. The molecule has 0 radical (unpaired) electrons. The Morgan fingerprint density at radius 1 is 1.27 bits per heavy atom. The van der Waals surface area contributed by atoms with E-state index in [1.807, 2.05) is 31.2 Å². The summed E-state index contributed by atoms with van der Waals surface area (Å²) in [5.41, 5.74) is 1.88. The van der Waals surface area contributed by atoms with Crippen LogP contribution in [0.15, 0.2) is 24.3 Å². The van der Waals surface area contributed by atoms with E-state index in [0.717, 1.165) is 11.3 Å². The topological polar surface area (TPSA) is 46.2 Å². The maximum Gasteiger partial charge on any atom is 0.224 e. The van der Waals surface area contributed by atoms with E-state index in [1.54, 1.807) is 0 Å². The van der Waals surface area contributed by atoms with E-state index in [2.05, 4.69) is 5.32 Å². The van der Waals surface area contributed by atoms with Crippen molar-refractivity contribution in [3.63, 3.8) is 0 Å². The van der Waals surface area contributed by atoms with Crippen LogP contribution in [0, 0.1) is 6.92 Å². The third-order valence-electron chi connectivity index (χ3n) is 2.01. The minimum absolute atomic E-state index is 0.0365. The zero-order valence-electron chi connectivity index (χ0n) is 9.04. The van der Waals surface area contributed by atoms with Crippen LogP contribution in [0.4, 0.5) is 5.69 Å². The van der Waals surface area contributed by atoms with E-state index >= 15 is 0 Å². The van der Waals surface area contributed by atoms with E-state index in [9.17, 15) is 9.59 Å². The maximum atomic E-state index is 11.4. The molecule has 0 heterocycles. The molecule has 1 N–H and O–H groups in total. The predicted molar refractivity (Wildman–Crippen MR) is 59.7 cm³/mol. The fourth-order valence-corrected chi connectivity index (χ4v) is 1.24. The average Bonchev–Trinajstić information content (AvgIpc) is 2.15. The van der Waals surface area contributed by atoms with Crippen molar-refractivity contribution >= 4 is 17.4 Å². The summed E-state index contributed by atoms with van der Waals surface area (Å²) in [6, 6.07) is 7.57. The molecule has 0 bridgehead atoms. The maximum absolute atomic E-state index is 11.4. The van der Waals surface area contributed by atoms with Gasteiger partial charge >= 0.3 is 0 Å². The van der Waals surface area contributed by atoms with Crippen molar-refractivity contribution in [2.75, 3.05) is 5.32 Å². The van der Waals surface area contributed by atoms with Gasteiger partial charge in [0, 0.05) is 18.5 Å². The van der Waals surface area contributed by atoms with Gasteiger partial charge in [-0.05, 0) is 31.5 Å². The number of amides is 1. The summed E-state index contributed by atoms with van der Waals surface area (Å²) in [7, 11) is 0. The average molecular weight is 205 g/mol. The van der Waals surface area contributed by atoms with Gasteiger partial charge in [-0.1, -0.05) is 12.1 Å². The lowest BCUT2D eigenvalue weighted by Crippen LogP contribution is -2.12. The molecule has 0 aliphatic heterocycles. The van der Waals surface area contributed by atoms with Gasteiger partial charge in [-0.3, -0.25) is 4.79 Å². The summed E-state index contributed by atoms with van der Waals surface area (Å²) < 4.78 is 0. The summed E-state index contributed by atoms with van der Waals surface area (Å²) in [6.07, 6.45) is 0.556. The zero-order valence-corrected chi connectivity index (χ0v) is 9.04. The first kappa shape index (κ1) is 11.4. The molecule has 1 aromatic rings. The number of Topliss-reactive ketones (excluding diaryl/α,β-unsaturated/α-hetero) is 1. The Bertz CT molecular complexity index is 372. The summed E-state index contributed by atoms with van der Waals surface area (Å²) in [4.78, 5) is 22.0. The highest BCUT2D eigenvalue weighted by Gasteiger charge is 2.03. The number of hydrogen-bond acceptors (Lipinski definition) is 2. The summed E-state index contributed by atoms with van der Waals surface area (Å²) in [5.74, 6) is -0.0785. The molecule has 0 spiro atoms. The Balaban J connectivity index is 2.48. The van der Waals surface area contributed by atoms with Gasteiger partial charge in [-0.15, -0.1) is 0 Å². The lowest BCUT2D eigenvalue weighted by atomic mass is 10.2. The number of ketones is 1. The van der Waals surface area contributed by atoms with Crippen LogP contribution < -0.4 is 5.32 Å². The summed E-state index contributed by atoms with van der Waals surface area (Å²) in [6.45, 7) is 3.45. The van der Waals surface area contributed by atoms with Crippen LogP contribution in [-0.4, -0.2) is 11.7 Å². The van der Waals surface area contributed by atoms with Gasteiger partial charge in [0.05, 0.1) is 0 Å². The van der Waals surface area contributed by atoms with Gasteiger partial charge in [-0.25, -0.2) is 0 Å². The first-order valence-electron chi connectivity index (χ1n) is 4.94. The van der Waals surface area contributed by atoms with Crippen molar-refractivity contribution in [3.8, 4) is 0 Å². The molecule has 3 nitrogen and oxygen atoms in total. The molecule has 15 heavy (non-hydrogen) atoms. The molecule has 1 amide bonds. The van der Waals surface area contributed by atoms with Crippen LogP contribution in [0.25, 0.3) is 0 Å². The van der Waals surface area contributed by atoms with Crippen LogP contribution in [-0.2, 0) is 9.59 Å². The Morgan fingerprint density at radius 3 is 2.60 bits per heavy atom. The third kappa shape index (κ3) is 4.40. The molecule has 0 unspecified atom stereocenters. The normalized spacial score (nSPS) is 9.73. The molecule has 0 saturated heterocycles. The predicted octanol–water partition coefficient (Wildman–Crippen LogP) is 2.30. The van der Waals surface area contributed by atoms with E-state index in [4.69, 9.17) is 0 Å². The van der Waals surface area contributed by atoms with Gasteiger partial charge in [0.1, 0.15) is 5.78 Å². The van der Waals surface area contributed by atoms with E-state index in [1.165, 1.54) is 6.92 Å². The van der Waals surface area contributed by atoms with Crippen molar-refractivity contribution in [2.45, 2.75) is 26.7 Å². The molecule has 1 rings (SSSR count). The second kappa shape index (κ2) is 5.29. The number of benzene rings is 1.